The van der Waals surface area contributed by atoms with Crippen molar-refractivity contribution in [2.45, 2.75) is 32.2 Å². The molecule has 0 saturated carbocycles. The minimum absolute atomic E-state index is 0.797. The van der Waals surface area contributed by atoms with Gasteiger partial charge in [-0.15, -0.1) is 11.3 Å². The van der Waals surface area contributed by atoms with Crippen LogP contribution in [0.4, 0.5) is 0 Å². The molecule has 1 aliphatic rings. The van der Waals surface area contributed by atoms with Crippen molar-refractivity contribution < 1.29 is 0 Å². The van der Waals surface area contributed by atoms with E-state index >= 15 is 0 Å². The van der Waals surface area contributed by atoms with Gasteiger partial charge in [0.2, 0.25) is 0 Å². The van der Waals surface area contributed by atoms with E-state index in [4.69, 9.17) is 0 Å². The van der Waals surface area contributed by atoms with Gasteiger partial charge in [0.25, 0.3) is 0 Å². The second-order valence-corrected chi connectivity index (χ2v) is 6.80. The summed E-state index contributed by atoms with van der Waals surface area (Å²) in [5, 5.41) is 0. The van der Waals surface area contributed by atoms with Crippen LogP contribution in [0.1, 0.15) is 34.1 Å². The van der Waals surface area contributed by atoms with Crippen molar-refractivity contribution in [2.75, 3.05) is 13.1 Å². The zero-order valence-electron chi connectivity index (χ0n) is 11.5. The van der Waals surface area contributed by atoms with Crippen LogP contribution in [0.3, 0.4) is 0 Å². The second-order valence-electron chi connectivity index (χ2n) is 5.48. The van der Waals surface area contributed by atoms with Crippen LogP contribution < -0.4 is 0 Å². The number of hydrogen-bond acceptors (Lipinski definition) is 2. The minimum atomic E-state index is 0.797. The molecule has 3 rings (SSSR count). The quantitative estimate of drug-likeness (QED) is 0.798. The van der Waals surface area contributed by atoms with Gasteiger partial charge in [-0.2, -0.15) is 0 Å². The highest BCUT2D eigenvalue weighted by molar-refractivity contribution is 7.12. The Morgan fingerprint density at radius 2 is 1.79 bits per heavy atom. The zero-order chi connectivity index (χ0) is 13.1. The minimum Gasteiger partial charge on any atom is -0.299 e. The van der Waals surface area contributed by atoms with E-state index in [0.717, 1.165) is 12.5 Å². The van der Waals surface area contributed by atoms with E-state index in [2.05, 4.69) is 54.3 Å². The molecule has 2 aromatic rings. The predicted octanol–water partition coefficient (Wildman–Crippen LogP) is 4.44. The molecule has 0 amide bonds. The lowest BCUT2D eigenvalue weighted by Crippen LogP contribution is -2.32. The molecule has 1 aliphatic heterocycles. The summed E-state index contributed by atoms with van der Waals surface area (Å²) >= 11 is 1.98. The Kier molecular flexibility index (Phi) is 4.00. The van der Waals surface area contributed by atoms with Gasteiger partial charge in [0.15, 0.2) is 0 Å². The lowest BCUT2D eigenvalue weighted by molar-refractivity contribution is 0.206. The zero-order valence-corrected chi connectivity index (χ0v) is 12.3. The summed E-state index contributed by atoms with van der Waals surface area (Å²) in [7, 11) is 0. The molecule has 100 valence electrons. The van der Waals surface area contributed by atoms with Crippen molar-refractivity contribution in [3.05, 3.63) is 57.8 Å². The predicted molar refractivity (Wildman–Crippen MR) is 82.8 cm³/mol. The number of piperidine rings is 1. The molecule has 0 atom stereocenters. The van der Waals surface area contributed by atoms with Crippen LogP contribution in [-0.2, 0) is 6.54 Å². The Morgan fingerprint density at radius 3 is 2.42 bits per heavy atom. The van der Waals surface area contributed by atoms with Gasteiger partial charge in [-0.1, -0.05) is 30.3 Å². The van der Waals surface area contributed by atoms with Gasteiger partial charge in [-0.25, -0.2) is 0 Å². The first kappa shape index (κ1) is 12.9. The average molecular weight is 271 g/mol. The van der Waals surface area contributed by atoms with Crippen molar-refractivity contribution >= 4 is 11.3 Å². The molecule has 2 heteroatoms. The van der Waals surface area contributed by atoms with Gasteiger partial charge in [-0.05, 0) is 56.5 Å². The second kappa shape index (κ2) is 5.89. The van der Waals surface area contributed by atoms with E-state index in [1.54, 1.807) is 4.88 Å². The van der Waals surface area contributed by atoms with E-state index < -0.39 is 0 Å². The third kappa shape index (κ3) is 3.26. The summed E-state index contributed by atoms with van der Waals surface area (Å²) in [4.78, 5) is 5.63. The maximum absolute atomic E-state index is 2.59. The monoisotopic (exact) mass is 271 g/mol. The van der Waals surface area contributed by atoms with Crippen LogP contribution in [0.15, 0.2) is 42.5 Å². The Bertz CT molecular complexity index is 509. The van der Waals surface area contributed by atoms with E-state index in [-0.39, 0.29) is 0 Å². The van der Waals surface area contributed by atoms with Crippen molar-refractivity contribution in [3.63, 3.8) is 0 Å². The third-order valence-electron chi connectivity index (χ3n) is 4.00. The molecule has 1 nitrogen and oxygen atoms in total. The number of nitrogens with zero attached hydrogens (tertiary/aromatic N) is 1. The van der Waals surface area contributed by atoms with E-state index in [9.17, 15) is 0 Å². The molecule has 1 saturated heterocycles. The topological polar surface area (TPSA) is 3.24 Å². The smallest absolute Gasteiger partial charge is 0.0233 e. The lowest BCUT2D eigenvalue weighted by Gasteiger charge is -2.31. The molecular formula is C17H21NS. The van der Waals surface area contributed by atoms with Crippen LogP contribution >= 0.6 is 11.3 Å². The first-order chi connectivity index (χ1) is 9.31. The molecule has 1 aromatic carbocycles. The number of benzene rings is 1. The largest absolute Gasteiger partial charge is 0.299 e. The Labute approximate surface area is 119 Å². The first-order valence-corrected chi connectivity index (χ1v) is 7.95. The van der Waals surface area contributed by atoms with Gasteiger partial charge in [-0.3, -0.25) is 4.90 Å². The van der Waals surface area contributed by atoms with E-state index in [0.29, 0.717) is 0 Å². The van der Waals surface area contributed by atoms with E-state index in [1.165, 1.54) is 36.4 Å². The van der Waals surface area contributed by atoms with E-state index in [1.807, 2.05) is 11.3 Å². The standard InChI is InChI=1S/C17H21NS/c1-14-7-8-17(19-14)16-9-11-18(12-10-16)13-15-5-3-2-4-6-15/h2-8,16H,9-13H2,1H3. The Hall–Kier alpha value is -1.12. The summed E-state index contributed by atoms with van der Waals surface area (Å²) in [6.07, 6.45) is 2.62. The Morgan fingerprint density at radius 1 is 1.05 bits per heavy atom. The molecule has 1 fully saturated rings. The molecule has 0 spiro atoms. The molecule has 0 aliphatic carbocycles. The lowest BCUT2D eigenvalue weighted by atomic mass is 9.95. The Balaban J connectivity index is 1.55. The van der Waals surface area contributed by atoms with Crippen molar-refractivity contribution in [2.24, 2.45) is 0 Å². The normalized spacial score (nSPS) is 17.7. The van der Waals surface area contributed by atoms with Gasteiger partial charge < -0.3 is 0 Å². The van der Waals surface area contributed by atoms with Crippen LogP contribution in [0, 0.1) is 6.92 Å². The number of aryl methyl sites for hydroxylation is 1. The first-order valence-electron chi connectivity index (χ1n) is 7.14. The summed E-state index contributed by atoms with van der Waals surface area (Å²) < 4.78 is 0. The molecule has 0 radical (unpaired) electrons. The van der Waals surface area contributed by atoms with Crippen LogP contribution in [0.5, 0.6) is 0 Å². The summed E-state index contributed by atoms with van der Waals surface area (Å²) in [5.74, 6) is 0.797. The molecule has 1 aromatic heterocycles. The highest BCUT2D eigenvalue weighted by atomic mass is 32.1. The molecule has 19 heavy (non-hydrogen) atoms. The van der Waals surface area contributed by atoms with Gasteiger partial charge in [0.05, 0.1) is 0 Å². The van der Waals surface area contributed by atoms with Gasteiger partial charge in [0, 0.05) is 16.3 Å². The van der Waals surface area contributed by atoms with Crippen LogP contribution in [-0.4, -0.2) is 18.0 Å². The summed E-state index contributed by atoms with van der Waals surface area (Å²) in [5.41, 5.74) is 1.44. The third-order valence-corrected chi connectivity index (χ3v) is 5.16. The van der Waals surface area contributed by atoms with Gasteiger partial charge in [0.1, 0.15) is 0 Å². The average Bonchev–Trinajstić information content (AvgIpc) is 2.87. The van der Waals surface area contributed by atoms with Crippen molar-refractivity contribution in [1.29, 1.82) is 0 Å². The summed E-state index contributed by atoms with van der Waals surface area (Å²) in [6, 6.07) is 15.4. The van der Waals surface area contributed by atoms with Crippen LogP contribution in [0.2, 0.25) is 0 Å². The highest BCUT2D eigenvalue weighted by Crippen LogP contribution is 2.32. The molecule has 0 unspecified atom stereocenters. The van der Waals surface area contributed by atoms with Crippen molar-refractivity contribution in [3.8, 4) is 0 Å². The molecule has 2 heterocycles. The molecular weight excluding hydrogens is 250 g/mol. The fourth-order valence-electron chi connectivity index (χ4n) is 2.89. The number of thiophene rings is 1. The fraction of sp³-hybridized carbons (Fsp3) is 0.412. The number of likely N-dealkylation sites (tertiary alicyclic amines) is 1. The van der Waals surface area contributed by atoms with Crippen LogP contribution in [0.25, 0.3) is 0 Å². The summed E-state index contributed by atoms with van der Waals surface area (Å²) in [6.45, 7) is 5.78. The highest BCUT2D eigenvalue weighted by Gasteiger charge is 2.21. The maximum atomic E-state index is 2.59. The maximum Gasteiger partial charge on any atom is 0.0233 e. The fourth-order valence-corrected chi connectivity index (χ4v) is 3.94. The van der Waals surface area contributed by atoms with Gasteiger partial charge >= 0.3 is 0 Å². The van der Waals surface area contributed by atoms with Crippen molar-refractivity contribution in [1.82, 2.24) is 4.90 Å². The molecule has 0 N–H and O–H groups in total. The molecule has 0 bridgehead atoms. The SMILES string of the molecule is Cc1ccc(C2CCN(Cc3ccccc3)CC2)s1. The number of hydrogen-bond donors (Lipinski definition) is 0. The number of rotatable bonds is 3.